The van der Waals surface area contributed by atoms with Gasteiger partial charge in [-0.3, -0.25) is 4.79 Å². The molecule has 1 aromatic carbocycles. The normalized spacial score (nSPS) is 20.5. The van der Waals surface area contributed by atoms with Crippen LogP contribution in [0.3, 0.4) is 0 Å². The number of piperidine rings is 2. The molecule has 0 spiro atoms. The summed E-state index contributed by atoms with van der Waals surface area (Å²) in [6.45, 7) is 5.15. The molecule has 0 saturated carbocycles. The highest BCUT2D eigenvalue weighted by atomic mass is 35.5. The number of carbonyl (C=O) groups excluding carboxylic acids is 2. The Hall–Kier alpha value is -1.79. The van der Waals surface area contributed by atoms with Crippen LogP contribution in [-0.2, 0) is 4.79 Å². The molecule has 2 saturated heterocycles. The Morgan fingerprint density at radius 3 is 2.67 bits per heavy atom. The second-order valence-electron chi connectivity index (χ2n) is 7.52. The van der Waals surface area contributed by atoms with Crippen LogP contribution in [0.15, 0.2) is 24.3 Å². The average Bonchev–Trinajstić information content (AvgIpc) is 2.67. The van der Waals surface area contributed by atoms with E-state index < -0.39 is 0 Å². The number of halogens is 1. The summed E-state index contributed by atoms with van der Waals surface area (Å²) >= 11 is 0. The molecule has 2 fully saturated rings. The predicted molar refractivity (Wildman–Crippen MR) is 110 cm³/mol. The van der Waals surface area contributed by atoms with Crippen LogP contribution in [0.1, 0.15) is 31.2 Å². The Labute approximate surface area is 168 Å². The molecule has 3 amide bonds. The SMILES string of the molecule is Cc1cccc(NC(=O)N2CCCC(C(=O)N(C)C3CCNCC3)C2)c1.Cl. The molecule has 2 heterocycles. The van der Waals surface area contributed by atoms with E-state index in [4.69, 9.17) is 0 Å². The van der Waals surface area contributed by atoms with Gasteiger partial charge in [-0.05, 0) is 63.4 Å². The molecule has 0 aliphatic carbocycles. The Morgan fingerprint density at radius 1 is 1.22 bits per heavy atom. The number of aryl methyl sites for hydroxylation is 1. The van der Waals surface area contributed by atoms with E-state index in [2.05, 4.69) is 10.6 Å². The van der Waals surface area contributed by atoms with Gasteiger partial charge < -0.3 is 20.4 Å². The smallest absolute Gasteiger partial charge is 0.321 e. The van der Waals surface area contributed by atoms with Crippen molar-refractivity contribution in [2.45, 2.75) is 38.6 Å². The minimum Gasteiger partial charge on any atom is -0.342 e. The number of nitrogens with zero attached hydrogens (tertiary/aromatic N) is 2. The third kappa shape index (κ3) is 5.59. The number of anilines is 1. The van der Waals surface area contributed by atoms with Crippen molar-refractivity contribution in [1.29, 1.82) is 0 Å². The number of rotatable bonds is 3. The van der Waals surface area contributed by atoms with Gasteiger partial charge in [0.1, 0.15) is 0 Å². The molecule has 6 nitrogen and oxygen atoms in total. The summed E-state index contributed by atoms with van der Waals surface area (Å²) in [5, 5.41) is 6.30. The van der Waals surface area contributed by atoms with Gasteiger partial charge in [-0.2, -0.15) is 0 Å². The summed E-state index contributed by atoms with van der Waals surface area (Å²) in [5.41, 5.74) is 1.91. The summed E-state index contributed by atoms with van der Waals surface area (Å²) in [6, 6.07) is 7.99. The van der Waals surface area contributed by atoms with Crippen LogP contribution >= 0.6 is 12.4 Å². The zero-order chi connectivity index (χ0) is 18.5. The fourth-order valence-electron chi connectivity index (χ4n) is 3.95. The number of hydrogen-bond acceptors (Lipinski definition) is 3. The zero-order valence-electron chi connectivity index (χ0n) is 16.2. The Balaban J connectivity index is 0.00000261. The van der Waals surface area contributed by atoms with Gasteiger partial charge in [0.25, 0.3) is 0 Å². The molecular weight excluding hydrogens is 364 g/mol. The van der Waals surface area contributed by atoms with Crippen molar-refractivity contribution in [2.24, 2.45) is 5.92 Å². The van der Waals surface area contributed by atoms with Crippen LogP contribution < -0.4 is 10.6 Å². The highest BCUT2D eigenvalue weighted by molar-refractivity contribution is 5.90. The van der Waals surface area contributed by atoms with Gasteiger partial charge in [0, 0.05) is 31.9 Å². The summed E-state index contributed by atoms with van der Waals surface area (Å²) in [6.07, 6.45) is 3.75. The molecule has 0 aromatic heterocycles. The monoisotopic (exact) mass is 394 g/mol. The largest absolute Gasteiger partial charge is 0.342 e. The van der Waals surface area contributed by atoms with E-state index in [0.717, 1.165) is 50.0 Å². The molecule has 2 aliphatic rings. The zero-order valence-corrected chi connectivity index (χ0v) is 17.1. The lowest BCUT2D eigenvalue weighted by atomic mass is 9.95. The lowest BCUT2D eigenvalue weighted by Crippen LogP contribution is -2.50. The summed E-state index contributed by atoms with van der Waals surface area (Å²) in [5.74, 6) is 0.0943. The number of amides is 3. The number of carbonyl (C=O) groups is 2. The van der Waals surface area contributed by atoms with E-state index in [1.165, 1.54) is 0 Å². The van der Waals surface area contributed by atoms with Crippen LogP contribution in [0, 0.1) is 12.8 Å². The molecule has 150 valence electrons. The highest BCUT2D eigenvalue weighted by Gasteiger charge is 2.32. The third-order valence-corrected chi connectivity index (χ3v) is 5.53. The summed E-state index contributed by atoms with van der Waals surface area (Å²) in [7, 11) is 1.92. The van der Waals surface area contributed by atoms with E-state index in [0.29, 0.717) is 19.1 Å². The lowest BCUT2D eigenvalue weighted by molar-refractivity contribution is -0.138. The van der Waals surface area contributed by atoms with E-state index in [-0.39, 0.29) is 30.3 Å². The van der Waals surface area contributed by atoms with Crippen molar-refractivity contribution in [2.75, 3.05) is 38.5 Å². The van der Waals surface area contributed by atoms with Crippen molar-refractivity contribution in [3.63, 3.8) is 0 Å². The molecule has 3 rings (SSSR count). The van der Waals surface area contributed by atoms with Crippen molar-refractivity contribution < 1.29 is 9.59 Å². The maximum absolute atomic E-state index is 12.9. The molecule has 1 aromatic rings. The van der Waals surface area contributed by atoms with E-state index in [1.807, 2.05) is 43.1 Å². The van der Waals surface area contributed by atoms with Gasteiger partial charge in [-0.1, -0.05) is 12.1 Å². The second kappa shape index (κ2) is 9.95. The first-order chi connectivity index (χ1) is 12.5. The molecule has 2 N–H and O–H groups in total. The van der Waals surface area contributed by atoms with Crippen molar-refractivity contribution in [3.05, 3.63) is 29.8 Å². The van der Waals surface area contributed by atoms with Crippen LogP contribution in [0.2, 0.25) is 0 Å². The number of urea groups is 1. The molecule has 0 radical (unpaired) electrons. The molecular formula is C20H31ClN4O2. The maximum atomic E-state index is 12.9. The van der Waals surface area contributed by atoms with Gasteiger partial charge in [0.2, 0.25) is 5.91 Å². The fourth-order valence-corrected chi connectivity index (χ4v) is 3.95. The molecule has 27 heavy (non-hydrogen) atoms. The molecule has 1 atom stereocenters. The first kappa shape index (κ1) is 21.5. The van der Waals surface area contributed by atoms with Crippen LogP contribution in [-0.4, -0.2) is 61.0 Å². The van der Waals surface area contributed by atoms with Gasteiger partial charge in [0.15, 0.2) is 0 Å². The number of nitrogens with one attached hydrogen (secondary N) is 2. The van der Waals surface area contributed by atoms with E-state index in [9.17, 15) is 9.59 Å². The minimum absolute atomic E-state index is 0. The predicted octanol–water partition coefficient (Wildman–Crippen LogP) is 2.87. The van der Waals surface area contributed by atoms with Crippen LogP contribution in [0.4, 0.5) is 10.5 Å². The standard InChI is InChI=1S/C20H30N4O2.ClH/c1-15-5-3-7-17(13-15)22-20(26)24-12-4-6-16(14-24)19(25)23(2)18-8-10-21-11-9-18;/h3,5,7,13,16,18,21H,4,6,8-12,14H2,1-2H3,(H,22,26);1H. The molecule has 2 aliphatic heterocycles. The Bertz CT molecular complexity index is 649. The van der Waals surface area contributed by atoms with Gasteiger partial charge in [-0.25, -0.2) is 4.79 Å². The number of hydrogen-bond donors (Lipinski definition) is 2. The first-order valence-electron chi connectivity index (χ1n) is 9.64. The molecule has 7 heteroatoms. The minimum atomic E-state index is -0.113. The van der Waals surface area contributed by atoms with E-state index in [1.54, 1.807) is 4.90 Å². The maximum Gasteiger partial charge on any atom is 0.321 e. The van der Waals surface area contributed by atoms with Crippen molar-refractivity contribution >= 4 is 30.0 Å². The van der Waals surface area contributed by atoms with Crippen LogP contribution in [0.5, 0.6) is 0 Å². The third-order valence-electron chi connectivity index (χ3n) is 5.53. The highest BCUT2D eigenvalue weighted by Crippen LogP contribution is 2.22. The average molecular weight is 395 g/mol. The van der Waals surface area contributed by atoms with Gasteiger partial charge in [-0.15, -0.1) is 12.4 Å². The quantitative estimate of drug-likeness (QED) is 0.828. The van der Waals surface area contributed by atoms with Crippen molar-refractivity contribution in [3.8, 4) is 0 Å². The summed E-state index contributed by atoms with van der Waals surface area (Å²) in [4.78, 5) is 29.2. The fraction of sp³-hybridized carbons (Fsp3) is 0.600. The Kier molecular flexibility index (Phi) is 7.92. The number of likely N-dealkylation sites (tertiary alicyclic amines) is 1. The van der Waals surface area contributed by atoms with Gasteiger partial charge >= 0.3 is 6.03 Å². The second-order valence-corrected chi connectivity index (χ2v) is 7.52. The number of benzene rings is 1. The topological polar surface area (TPSA) is 64.7 Å². The molecule has 0 bridgehead atoms. The van der Waals surface area contributed by atoms with Crippen molar-refractivity contribution in [1.82, 2.24) is 15.1 Å². The molecule has 1 unspecified atom stereocenters. The first-order valence-corrected chi connectivity index (χ1v) is 9.64. The van der Waals surface area contributed by atoms with Crippen LogP contribution in [0.25, 0.3) is 0 Å². The van der Waals surface area contributed by atoms with E-state index >= 15 is 0 Å². The van der Waals surface area contributed by atoms with Gasteiger partial charge in [0.05, 0.1) is 5.92 Å². The Morgan fingerprint density at radius 2 is 1.96 bits per heavy atom. The summed E-state index contributed by atoms with van der Waals surface area (Å²) < 4.78 is 0. The lowest BCUT2D eigenvalue weighted by Gasteiger charge is -2.37.